The Hall–Kier alpha value is -2.20. The lowest BCUT2D eigenvalue weighted by molar-refractivity contribution is -0.119. The average Bonchev–Trinajstić information content (AvgIpc) is 3.15. The zero-order chi connectivity index (χ0) is 18.2. The second-order valence-corrected chi connectivity index (χ2v) is 7.91. The number of fused-ring (bicyclic) bond motifs is 1. The number of hydrogen-bond donors (Lipinski definition) is 1. The van der Waals surface area contributed by atoms with Crippen molar-refractivity contribution in [2.45, 2.75) is 51.8 Å². The maximum atomic E-state index is 13.0. The SMILES string of the molecule is CCn1ncc(S(=O)(=O)N2CCn3nc(CNC(C)=O)cc3C2)c1C. The van der Waals surface area contributed by atoms with Gasteiger partial charge in [-0.15, -0.1) is 0 Å². The van der Waals surface area contributed by atoms with Crippen LogP contribution in [-0.2, 0) is 41.0 Å². The molecule has 10 heteroatoms. The fourth-order valence-corrected chi connectivity index (χ4v) is 4.51. The average molecular weight is 366 g/mol. The van der Waals surface area contributed by atoms with Crippen LogP contribution in [0.25, 0.3) is 0 Å². The first-order valence-corrected chi connectivity index (χ1v) is 9.59. The number of hydrogen-bond acceptors (Lipinski definition) is 5. The van der Waals surface area contributed by atoms with Crippen LogP contribution in [0.15, 0.2) is 17.2 Å². The lowest BCUT2D eigenvalue weighted by Gasteiger charge is -2.26. The van der Waals surface area contributed by atoms with Crippen molar-refractivity contribution in [3.8, 4) is 0 Å². The van der Waals surface area contributed by atoms with Crippen LogP contribution in [0, 0.1) is 6.92 Å². The molecule has 3 heterocycles. The van der Waals surface area contributed by atoms with Gasteiger partial charge in [-0.1, -0.05) is 0 Å². The molecule has 0 radical (unpaired) electrons. The quantitative estimate of drug-likeness (QED) is 0.817. The number of nitrogens with one attached hydrogen (secondary N) is 1. The Morgan fingerprint density at radius 3 is 2.76 bits per heavy atom. The monoisotopic (exact) mass is 366 g/mol. The van der Waals surface area contributed by atoms with Gasteiger partial charge in [0.25, 0.3) is 0 Å². The summed E-state index contributed by atoms with van der Waals surface area (Å²) >= 11 is 0. The van der Waals surface area contributed by atoms with Gasteiger partial charge < -0.3 is 5.32 Å². The molecule has 9 nitrogen and oxygen atoms in total. The minimum atomic E-state index is -3.60. The van der Waals surface area contributed by atoms with E-state index in [1.807, 2.05) is 13.0 Å². The van der Waals surface area contributed by atoms with E-state index in [4.69, 9.17) is 0 Å². The fraction of sp³-hybridized carbons (Fsp3) is 0.533. The van der Waals surface area contributed by atoms with E-state index in [1.54, 1.807) is 16.3 Å². The largest absolute Gasteiger partial charge is 0.351 e. The number of aromatic nitrogens is 4. The third-order valence-electron chi connectivity index (χ3n) is 4.31. The molecule has 0 fully saturated rings. The van der Waals surface area contributed by atoms with Gasteiger partial charge in [0.2, 0.25) is 15.9 Å². The predicted octanol–water partition coefficient (Wildman–Crippen LogP) is 0.249. The van der Waals surface area contributed by atoms with Crippen LogP contribution in [0.1, 0.15) is 30.9 Å². The lowest BCUT2D eigenvalue weighted by Crippen LogP contribution is -2.38. The summed E-state index contributed by atoms with van der Waals surface area (Å²) in [4.78, 5) is 11.3. The summed E-state index contributed by atoms with van der Waals surface area (Å²) in [6, 6.07) is 1.83. The van der Waals surface area contributed by atoms with Gasteiger partial charge in [-0.05, 0) is 19.9 Å². The molecule has 0 bridgehead atoms. The van der Waals surface area contributed by atoms with E-state index in [9.17, 15) is 13.2 Å². The van der Waals surface area contributed by atoms with E-state index in [0.29, 0.717) is 31.9 Å². The fourth-order valence-electron chi connectivity index (χ4n) is 2.95. The second-order valence-electron chi connectivity index (χ2n) is 6.01. The molecule has 1 amide bonds. The van der Waals surface area contributed by atoms with Crippen molar-refractivity contribution in [3.63, 3.8) is 0 Å². The Labute approximate surface area is 146 Å². The summed E-state index contributed by atoms with van der Waals surface area (Å²) in [5.41, 5.74) is 2.18. The van der Waals surface area contributed by atoms with Crippen LogP contribution < -0.4 is 5.32 Å². The molecule has 2 aromatic rings. The number of carbonyl (C=O) groups excluding carboxylic acids is 1. The Morgan fingerprint density at radius 2 is 2.12 bits per heavy atom. The van der Waals surface area contributed by atoms with Crippen LogP contribution in [-0.4, -0.2) is 44.7 Å². The van der Waals surface area contributed by atoms with Gasteiger partial charge in [0.1, 0.15) is 4.90 Å². The summed E-state index contributed by atoms with van der Waals surface area (Å²) in [7, 11) is -3.60. The van der Waals surface area contributed by atoms with Crippen molar-refractivity contribution < 1.29 is 13.2 Å². The van der Waals surface area contributed by atoms with E-state index >= 15 is 0 Å². The number of carbonyl (C=O) groups is 1. The molecule has 1 aliphatic rings. The molecule has 0 unspecified atom stereocenters. The summed E-state index contributed by atoms with van der Waals surface area (Å²) in [5, 5.41) is 11.2. The molecule has 25 heavy (non-hydrogen) atoms. The summed E-state index contributed by atoms with van der Waals surface area (Å²) in [5.74, 6) is -0.126. The lowest BCUT2D eigenvalue weighted by atomic mass is 10.3. The van der Waals surface area contributed by atoms with E-state index in [2.05, 4.69) is 15.5 Å². The number of nitrogens with zero attached hydrogens (tertiary/aromatic N) is 5. The van der Waals surface area contributed by atoms with Crippen LogP contribution in [0.2, 0.25) is 0 Å². The topological polar surface area (TPSA) is 102 Å². The van der Waals surface area contributed by atoms with Gasteiger partial charge in [0.15, 0.2) is 0 Å². The molecule has 1 N–H and O–H groups in total. The highest BCUT2D eigenvalue weighted by molar-refractivity contribution is 7.89. The van der Waals surface area contributed by atoms with Gasteiger partial charge in [-0.2, -0.15) is 14.5 Å². The molecular formula is C15H22N6O3S. The maximum absolute atomic E-state index is 13.0. The molecular weight excluding hydrogens is 344 g/mol. The highest BCUT2D eigenvalue weighted by atomic mass is 32.2. The van der Waals surface area contributed by atoms with Crippen molar-refractivity contribution in [2.75, 3.05) is 6.54 Å². The minimum absolute atomic E-state index is 0.126. The number of sulfonamides is 1. The van der Waals surface area contributed by atoms with Crippen LogP contribution in [0.5, 0.6) is 0 Å². The molecule has 0 atom stereocenters. The zero-order valence-corrected chi connectivity index (χ0v) is 15.4. The highest BCUT2D eigenvalue weighted by Gasteiger charge is 2.31. The Morgan fingerprint density at radius 1 is 1.36 bits per heavy atom. The van der Waals surface area contributed by atoms with Gasteiger partial charge in [-0.3, -0.25) is 14.2 Å². The first-order valence-electron chi connectivity index (χ1n) is 8.15. The molecule has 0 aromatic carbocycles. The molecule has 136 valence electrons. The van der Waals surface area contributed by atoms with Crippen molar-refractivity contribution in [1.82, 2.24) is 29.2 Å². The van der Waals surface area contributed by atoms with Crippen LogP contribution in [0.4, 0.5) is 0 Å². The molecule has 2 aromatic heterocycles. The van der Waals surface area contributed by atoms with Gasteiger partial charge in [0, 0.05) is 20.0 Å². The molecule has 0 saturated heterocycles. The molecule has 3 rings (SSSR count). The Balaban J connectivity index is 1.81. The normalized spacial score (nSPS) is 15.2. The van der Waals surface area contributed by atoms with E-state index in [1.165, 1.54) is 17.4 Å². The van der Waals surface area contributed by atoms with Gasteiger partial charge >= 0.3 is 0 Å². The second kappa shape index (κ2) is 6.60. The number of amides is 1. The third kappa shape index (κ3) is 3.31. The van der Waals surface area contributed by atoms with Crippen molar-refractivity contribution >= 4 is 15.9 Å². The van der Waals surface area contributed by atoms with Gasteiger partial charge in [-0.25, -0.2) is 8.42 Å². The van der Waals surface area contributed by atoms with Gasteiger partial charge in [0.05, 0.1) is 42.9 Å². The summed E-state index contributed by atoms with van der Waals surface area (Å²) in [6.45, 7) is 7.19. The zero-order valence-electron chi connectivity index (χ0n) is 14.6. The summed E-state index contributed by atoms with van der Waals surface area (Å²) in [6.07, 6.45) is 1.42. The van der Waals surface area contributed by atoms with Crippen LogP contribution in [0.3, 0.4) is 0 Å². The molecule has 1 aliphatic heterocycles. The molecule has 0 spiro atoms. The molecule has 0 aliphatic carbocycles. The minimum Gasteiger partial charge on any atom is -0.351 e. The Kier molecular flexibility index (Phi) is 4.65. The van der Waals surface area contributed by atoms with Crippen molar-refractivity contribution in [3.05, 3.63) is 29.3 Å². The number of rotatable bonds is 5. The van der Waals surface area contributed by atoms with Crippen molar-refractivity contribution in [2.24, 2.45) is 0 Å². The summed E-state index contributed by atoms with van der Waals surface area (Å²) < 4.78 is 30.8. The van der Waals surface area contributed by atoms with E-state index in [-0.39, 0.29) is 17.3 Å². The van der Waals surface area contributed by atoms with E-state index < -0.39 is 10.0 Å². The third-order valence-corrected chi connectivity index (χ3v) is 6.26. The Bertz CT molecular complexity index is 899. The molecule has 0 saturated carbocycles. The van der Waals surface area contributed by atoms with E-state index in [0.717, 1.165) is 11.4 Å². The first kappa shape index (κ1) is 17.6. The van der Waals surface area contributed by atoms with Crippen molar-refractivity contribution in [1.29, 1.82) is 0 Å². The smallest absolute Gasteiger partial charge is 0.246 e. The maximum Gasteiger partial charge on any atom is 0.246 e. The standard InChI is InChI=1S/C15H22N6O3S/c1-4-20-11(2)15(9-17-20)25(23,24)19-5-6-21-14(10-19)7-13(18-21)8-16-12(3)22/h7,9H,4-6,8,10H2,1-3H3,(H,16,22). The predicted molar refractivity (Wildman–Crippen MR) is 90.0 cm³/mol. The first-order chi connectivity index (χ1) is 11.8. The van der Waals surface area contributed by atoms with Crippen LogP contribution >= 0.6 is 0 Å². The highest BCUT2D eigenvalue weighted by Crippen LogP contribution is 2.24. The number of aryl methyl sites for hydroxylation is 1.